The predicted molar refractivity (Wildman–Crippen MR) is 82.6 cm³/mol. The molecule has 0 saturated heterocycles. The molecule has 0 aliphatic heterocycles. The van der Waals surface area contributed by atoms with Crippen molar-refractivity contribution < 1.29 is 9.47 Å². The quantitative estimate of drug-likeness (QED) is 0.794. The van der Waals surface area contributed by atoms with Crippen molar-refractivity contribution in [1.29, 1.82) is 0 Å². The Kier molecular flexibility index (Phi) is 5.38. The van der Waals surface area contributed by atoms with Crippen molar-refractivity contribution >= 4 is 21.9 Å². The number of tetrazole rings is 1. The molecule has 1 aromatic heterocycles. The minimum absolute atomic E-state index is 0.0828. The lowest BCUT2D eigenvalue weighted by molar-refractivity contribution is 0.223. The van der Waals surface area contributed by atoms with Gasteiger partial charge in [-0.1, -0.05) is 21.0 Å². The number of aromatic nitrogens is 4. The summed E-state index contributed by atoms with van der Waals surface area (Å²) in [5.74, 6) is 1.89. The molecule has 0 fully saturated rings. The summed E-state index contributed by atoms with van der Waals surface area (Å²) >= 11 is 3.55. The van der Waals surface area contributed by atoms with Crippen LogP contribution in [-0.2, 0) is 6.54 Å². The number of benzene rings is 1. The Balaban J connectivity index is 2.18. The predicted octanol–water partition coefficient (Wildman–Crippen LogP) is 2.76. The molecule has 7 nitrogen and oxygen atoms in total. The van der Waals surface area contributed by atoms with Gasteiger partial charge in [-0.3, -0.25) is 0 Å². The summed E-state index contributed by atoms with van der Waals surface area (Å²) in [7, 11) is 0. The Morgan fingerprint density at radius 3 is 2.76 bits per heavy atom. The Hall–Kier alpha value is -1.83. The first-order chi connectivity index (χ1) is 10.1. The van der Waals surface area contributed by atoms with Gasteiger partial charge in [-0.05, 0) is 43.7 Å². The van der Waals surface area contributed by atoms with Crippen LogP contribution in [-0.4, -0.2) is 33.3 Å². The third-order valence-corrected chi connectivity index (χ3v) is 3.30. The van der Waals surface area contributed by atoms with Crippen LogP contribution in [0.5, 0.6) is 11.5 Å². The number of anilines is 1. The SMILES string of the molecule is CCOc1cc(CNc2nn[nH]n2)c(Br)cc1OC(C)C. The molecule has 0 aliphatic rings. The summed E-state index contributed by atoms with van der Waals surface area (Å²) in [6.45, 7) is 7.03. The van der Waals surface area contributed by atoms with E-state index in [0.29, 0.717) is 19.1 Å². The van der Waals surface area contributed by atoms with Gasteiger partial charge in [0.25, 0.3) is 5.95 Å². The molecule has 2 N–H and O–H groups in total. The Morgan fingerprint density at radius 2 is 2.14 bits per heavy atom. The molecule has 2 rings (SSSR count). The zero-order chi connectivity index (χ0) is 15.2. The fraction of sp³-hybridized carbons (Fsp3) is 0.462. The number of ether oxygens (including phenoxy) is 2. The minimum atomic E-state index is 0.0828. The number of nitrogens with zero attached hydrogens (tertiary/aromatic N) is 3. The highest BCUT2D eigenvalue weighted by atomic mass is 79.9. The molecule has 0 saturated carbocycles. The molecule has 0 bridgehead atoms. The van der Waals surface area contributed by atoms with Crippen molar-refractivity contribution in [2.45, 2.75) is 33.4 Å². The molecule has 114 valence electrons. The number of halogens is 1. The molecule has 0 atom stereocenters. The molecule has 0 unspecified atom stereocenters. The summed E-state index contributed by atoms with van der Waals surface area (Å²) in [5, 5.41) is 16.7. The fourth-order valence-electron chi connectivity index (χ4n) is 1.74. The van der Waals surface area contributed by atoms with Crippen LogP contribution in [0, 0.1) is 0 Å². The molecule has 21 heavy (non-hydrogen) atoms. The van der Waals surface area contributed by atoms with Gasteiger partial charge in [0.15, 0.2) is 11.5 Å². The molecule has 0 spiro atoms. The number of hydrogen-bond acceptors (Lipinski definition) is 6. The number of hydrogen-bond donors (Lipinski definition) is 2. The van der Waals surface area contributed by atoms with Gasteiger partial charge in [0.05, 0.1) is 12.7 Å². The van der Waals surface area contributed by atoms with Crippen LogP contribution in [0.2, 0.25) is 0 Å². The molecule has 0 aliphatic carbocycles. The van der Waals surface area contributed by atoms with Crippen molar-refractivity contribution in [3.63, 3.8) is 0 Å². The average molecular weight is 356 g/mol. The second-order valence-corrected chi connectivity index (χ2v) is 5.43. The van der Waals surface area contributed by atoms with Crippen molar-refractivity contribution in [2.24, 2.45) is 0 Å². The molecule has 0 amide bonds. The molecule has 2 aromatic rings. The second kappa shape index (κ2) is 7.26. The summed E-state index contributed by atoms with van der Waals surface area (Å²) in [6, 6.07) is 3.86. The van der Waals surface area contributed by atoms with E-state index in [0.717, 1.165) is 21.5 Å². The van der Waals surface area contributed by atoms with Gasteiger partial charge in [0, 0.05) is 11.0 Å². The van der Waals surface area contributed by atoms with E-state index in [2.05, 4.69) is 41.9 Å². The monoisotopic (exact) mass is 355 g/mol. The summed E-state index contributed by atoms with van der Waals surface area (Å²) in [5.41, 5.74) is 1.01. The van der Waals surface area contributed by atoms with Crippen LogP contribution in [0.3, 0.4) is 0 Å². The number of aromatic amines is 1. The lowest BCUT2D eigenvalue weighted by Gasteiger charge is -2.17. The first kappa shape index (κ1) is 15.6. The number of rotatable bonds is 7. The summed E-state index contributed by atoms with van der Waals surface area (Å²) < 4.78 is 12.3. The standard InChI is InChI=1S/C13H18BrN5O2/c1-4-20-11-5-9(7-15-13-16-18-19-17-13)10(14)6-12(11)21-8(2)3/h5-6,8H,4,7H2,1-3H3,(H2,15,16,17,18,19). The first-order valence-corrected chi connectivity index (χ1v) is 7.48. The van der Waals surface area contributed by atoms with E-state index < -0.39 is 0 Å². The lowest BCUT2D eigenvalue weighted by atomic mass is 10.2. The Bertz CT molecular complexity index is 574. The van der Waals surface area contributed by atoms with E-state index >= 15 is 0 Å². The molecule has 1 aromatic carbocycles. The van der Waals surface area contributed by atoms with Gasteiger partial charge in [0.2, 0.25) is 0 Å². The highest BCUT2D eigenvalue weighted by Gasteiger charge is 2.12. The van der Waals surface area contributed by atoms with Crippen LogP contribution >= 0.6 is 15.9 Å². The lowest BCUT2D eigenvalue weighted by Crippen LogP contribution is -2.09. The van der Waals surface area contributed by atoms with E-state index in [1.165, 1.54) is 0 Å². The number of H-pyrrole nitrogens is 1. The Morgan fingerprint density at radius 1 is 1.33 bits per heavy atom. The highest BCUT2D eigenvalue weighted by molar-refractivity contribution is 9.10. The van der Waals surface area contributed by atoms with E-state index in [-0.39, 0.29) is 6.10 Å². The van der Waals surface area contributed by atoms with E-state index in [9.17, 15) is 0 Å². The van der Waals surface area contributed by atoms with E-state index in [1.807, 2.05) is 32.9 Å². The van der Waals surface area contributed by atoms with Gasteiger partial charge in [0.1, 0.15) is 0 Å². The van der Waals surface area contributed by atoms with Gasteiger partial charge < -0.3 is 14.8 Å². The maximum atomic E-state index is 5.77. The van der Waals surface area contributed by atoms with E-state index in [1.54, 1.807) is 0 Å². The van der Waals surface area contributed by atoms with Crippen LogP contribution < -0.4 is 14.8 Å². The minimum Gasteiger partial charge on any atom is -0.490 e. The van der Waals surface area contributed by atoms with E-state index in [4.69, 9.17) is 9.47 Å². The van der Waals surface area contributed by atoms with Gasteiger partial charge in [-0.25, -0.2) is 0 Å². The topological polar surface area (TPSA) is 85.0 Å². The zero-order valence-corrected chi connectivity index (χ0v) is 13.8. The zero-order valence-electron chi connectivity index (χ0n) is 12.2. The largest absolute Gasteiger partial charge is 0.490 e. The summed E-state index contributed by atoms with van der Waals surface area (Å²) in [4.78, 5) is 0. The molecule has 8 heteroatoms. The van der Waals surface area contributed by atoms with Crippen molar-refractivity contribution in [1.82, 2.24) is 20.6 Å². The average Bonchev–Trinajstić information content (AvgIpc) is 2.93. The number of nitrogens with one attached hydrogen (secondary N) is 2. The maximum Gasteiger partial charge on any atom is 0.263 e. The summed E-state index contributed by atoms with van der Waals surface area (Å²) in [6.07, 6.45) is 0.0828. The maximum absolute atomic E-state index is 5.77. The Labute approximate surface area is 131 Å². The van der Waals surface area contributed by atoms with Crippen molar-refractivity contribution in [2.75, 3.05) is 11.9 Å². The molecule has 1 heterocycles. The van der Waals surface area contributed by atoms with Gasteiger partial charge in [-0.15, -0.1) is 5.10 Å². The molecule has 0 radical (unpaired) electrons. The molecular formula is C13H18BrN5O2. The third-order valence-electron chi connectivity index (χ3n) is 2.56. The van der Waals surface area contributed by atoms with Crippen LogP contribution in [0.4, 0.5) is 5.95 Å². The van der Waals surface area contributed by atoms with Gasteiger partial charge >= 0.3 is 0 Å². The van der Waals surface area contributed by atoms with Crippen molar-refractivity contribution in [3.05, 3.63) is 22.2 Å². The fourth-order valence-corrected chi connectivity index (χ4v) is 2.20. The van der Waals surface area contributed by atoms with Crippen LogP contribution in [0.25, 0.3) is 0 Å². The smallest absolute Gasteiger partial charge is 0.263 e. The molecular weight excluding hydrogens is 338 g/mol. The van der Waals surface area contributed by atoms with Crippen LogP contribution in [0.1, 0.15) is 26.3 Å². The van der Waals surface area contributed by atoms with Crippen molar-refractivity contribution in [3.8, 4) is 11.5 Å². The third kappa shape index (κ3) is 4.32. The second-order valence-electron chi connectivity index (χ2n) is 4.58. The first-order valence-electron chi connectivity index (χ1n) is 6.69. The normalized spacial score (nSPS) is 10.7. The highest BCUT2D eigenvalue weighted by Crippen LogP contribution is 2.34. The van der Waals surface area contributed by atoms with Crippen LogP contribution in [0.15, 0.2) is 16.6 Å². The van der Waals surface area contributed by atoms with Gasteiger partial charge in [-0.2, -0.15) is 5.21 Å².